The van der Waals surface area contributed by atoms with Crippen molar-refractivity contribution in [3.8, 4) is 22.4 Å². The van der Waals surface area contributed by atoms with E-state index in [1.807, 2.05) is 24.7 Å². The predicted octanol–water partition coefficient (Wildman–Crippen LogP) is 7.47. The van der Waals surface area contributed by atoms with Gasteiger partial charge < -0.3 is 0 Å². The van der Waals surface area contributed by atoms with E-state index in [4.69, 9.17) is 4.98 Å². The molecule has 1 aromatic carbocycles. The highest BCUT2D eigenvalue weighted by Gasteiger charge is 2.29. The maximum absolute atomic E-state index is 5.25. The van der Waals surface area contributed by atoms with E-state index < -0.39 is 0 Å². The van der Waals surface area contributed by atoms with E-state index >= 15 is 0 Å². The quantitative estimate of drug-likeness (QED) is 0.346. The van der Waals surface area contributed by atoms with Crippen molar-refractivity contribution >= 4 is 16.5 Å². The fraction of sp³-hybridized carbons (Fsp3) is 0.300. The number of nitrogens with one attached hydrogen (secondary N) is 1. The summed E-state index contributed by atoms with van der Waals surface area (Å²) in [6, 6.07) is 14.9. The van der Waals surface area contributed by atoms with Crippen molar-refractivity contribution in [2.45, 2.75) is 39.5 Å². The van der Waals surface area contributed by atoms with Crippen LogP contribution in [0.1, 0.15) is 45.2 Å². The minimum Gasteiger partial charge on any atom is -0.285 e. The number of rotatable bonds is 5. The number of aromatic amines is 1. The lowest BCUT2D eigenvalue weighted by Gasteiger charge is -2.35. The highest BCUT2D eigenvalue weighted by Crippen LogP contribution is 2.43. The molecule has 1 saturated carbocycles. The highest BCUT2D eigenvalue weighted by molar-refractivity contribution is 5.97. The van der Waals surface area contributed by atoms with Crippen LogP contribution in [-0.4, -0.2) is 20.2 Å². The van der Waals surface area contributed by atoms with Gasteiger partial charge in [-0.1, -0.05) is 68.3 Å². The molecule has 170 valence electrons. The molecule has 2 aliphatic rings. The van der Waals surface area contributed by atoms with E-state index in [1.165, 1.54) is 30.4 Å². The number of hydrogen-bond acceptors (Lipinski definition) is 3. The van der Waals surface area contributed by atoms with Crippen molar-refractivity contribution in [1.29, 1.82) is 0 Å². The average molecular weight is 447 g/mol. The minimum atomic E-state index is 0.443. The predicted molar refractivity (Wildman–Crippen MR) is 139 cm³/mol. The van der Waals surface area contributed by atoms with E-state index in [0.717, 1.165) is 51.7 Å². The van der Waals surface area contributed by atoms with Gasteiger partial charge in [0.15, 0.2) is 0 Å². The molecule has 0 spiro atoms. The van der Waals surface area contributed by atoms with Crippen LogP contribution in [0, 0.1) is 17.8 Å². The Morgan fingerprint density at radius 2 is 1.85 bits per heavy atom. The molecule has 6 rings (SSSR count). The first-order chi connectivity index (χ1) is 16.7. The lowest BCUT2D eigenvalue weighted by atomic mass is 9.70. The SMILES string of the molecule is CC1CC(CC2CCC2C)=CC=C1c1nc2ccnc(-c3cn[nH]c3)c2cc1-c1ccccc1. The fourth-order valence-corrected chi connectivity index (χ4v) is 5.55. The summed E-state index contributed by atoms with van der Waals surface area (Å²) in [5.74, 6) is 2.20. The molecule has 2 aliphatic carbocycles. The molecular weight excluding hydrogens is 416 g/mol. The third-order valence-electron chi connectivity index (χ3n) is 7.79. The molecule has 3 aromatic heterocycles. The van der Waals surface area contributed by atoms with Gasteiger partial charge >= 0.3 is 0 Å². The molecule has 4 nitrogen and oxygen atoms in total. The first-order valence-corrected chi connectivity index (χ1v) is 12.4. The Morgan fingerprint density at radius 1 is 0.971 bits per heavy atom. The Morgan fingerprint density at radius 3 is 2.56 bits per heavy atom. The molecule has 1 N–H and O–H groups in total. The van der Waals surface area contributed by atoms with Crippen molar-refractivity contribution in [3.05, 3.63) is 84.5 Å². The Labute approximate surface area is 200 Å². The molecular formula is C30H30N4. The molecule has 3 heterocycles. The van der Waals surface area contributed by atoms with Gasteiger partial charge in [0.05, 0.1) is 23.1 Å². The largest absolute Gasteiger partial charge is 0.285 e. The maximum Gasteiger partial charge on any atom is 0.0827 e. The van der Waals surface area contributed by atoms with Crippen LogP contribution in [0.25, 0.3) is 38.9 Å². The summed E-state index contributed by atoms with van der Waals surface area (Å²) in [4.78, 5) is 9.93. The number of hydrogen-bond donors (Lipinski definition) is 1. The second-order valence-corrected chi connectivity index (χ2v) is 10.0. The number of fused-ring (bicyclic) bond motifs is 1. The van der Waals surface area contributed by atoms with E-state index in [9.17, 15) is 0 Å². The molecule has 0 radical (unpaired) electrons. The zero-order valence-corrected chi connectivity index (χ0v) is 19.8. The van der Waals surface area contributed by atoms with Crippen LogP contribution in [0.2, 0.25) is 0 Å². The Kier molecular flexibility index (Phi) is 5.37. The molecule has 1 fully saturated rings. The fourth-order valence-electron chi connectivity index (χ4n) is 5.55. The van der Waals surface area contributed by atoms with Gasteiger partial charge in [0, 0.05) is 28.9 Å². The second kappa shape index (κ2) is 8.68. The van der Waals surface area contributed by atoms with Crippen molar-refractivity contribution < 1.29 is 0 Å². The summed E-state index contributed by atoms with van der Waals surface area (Å²) in [7, 11) is 0. The zero-order chi connectivity index (χ0) is 23.1. The summed E-state index contributed by atoms with van der Waals surface area (Å²) >= 11 is 0. The maximum atomic E-state index is 5.25. The first-order valence-electron chi connectivity index (χ1n) is 12.4. The third kappa shape index (κ3) is 3.77. The zero-order valence-electron chi connectivity index (χ0n) is 19.8. The van der Waals surface area contributed by atoms with E-state index in [2.05, 4.69) is 77.6 Å². The molecule has 0 aliphatic heterocycles. The first kappa shape index (κ1) is 21.0. The standard InChI is InChI=1S/C30H30N4/c1-19-8-10-23(19)15-21-9-11-25(20(2)14-21)30-26(22-6-4-3-5-7-22)16-27-28(34-30)12-13-31-29(27)24-17-32-33-18-24/h3-7,9,11-13,16-20,23H,8,10,14-15H2,1-2H3,(H,32,33). The van der Waals surface area contributed by atoms with Crippen molar-refractivity contribution in [1.82, 2.24) is 20.2 Å². The second-order valence-electron chi connectivity index (χ2n) is 10.0. The number of allylic oxidation sites excluding steroid dienone is 4. The van der Waals surface area contributed by atoms with Crippen molar-refractivity contribution in [2.24, 2.45) is 17.8 Å². The Hall–Kier alpha value is -3.53. The van der Waals surface area contributed by atoms with Crippen LogP contribution in [-0.2, 0) is 0 Å². The average Bonchev–Trinajstić information content (AvgIpc) is 3.41. The lowest BCUT2D eigenvalue weighted by Crippen LogP contribution is -2.24. The van der Waals surface area contributed by atoms with E-state index in [1.54, 1.807) is 5.57 Å². The molecule has 0 bridgehead atoms. The van der Waals surface area contributed by atoms with Gasteiger partial charge in [0.25, 0.3) is 0 Å². The third-order valence-corrected chi connectivity index (χ3v) is 7.79. The molecule has 4 aromatic rings. The lowest BCUT2D eigenvalue weighted by molar-refractivity contribution is 0.193. The molecule has 34 heavy (non-hydrogen) atoms. The van der Waals surface area contributed by atoms with Crippen LogP contribution in [0.4, 0.5) is 0 Å². The smallest absolute Gasteiger partial charge is 0.0827 e. The van der Waals surface area contributed by atoms with Gasteiger partial charge in [-0.3, -0.25) is 10.1 Å². The topological polar surface area (TPSA) is 54.5 Å². The minimum absolute atomic E-state index is 0.443. The molecule has 0 saturated heterocycles. The Bertz CT molecular complexity index is 1380. The number of pyridine rings is 2. The van der Waals surface area contributed by atoms with Gasteiger partial charge in [-0.15, -0.1) is 0 Å². The van der Waals surface area contributed by atoms with E-state index in [-0.39, 0.29) is 0 Å². The number of benzene rings is 1. The molecule has 0 amide bonds. The van der Waals surface area contributed by atoms with E-state index in [0.29, 0.717) is 5.92 Å². The van der Waals surface area contributed by atoms with Crippen LogP contribution in [0.3, 0.4) is 0 Å². The van der Waals surface area contributed by atoms with Crippen molar-refractivity contribution in [2.75, 3.05) is 0 Å². The van der Waals surface area contributed by atoms with Crippen LogP contribution in [0.5, 0.6) is 0 Å². The van der Waals surface area contributed by atoms with Crippen LogP contribution in [0.15, 0.2) is 78.8 Å². The summed E-state index contributed by atoms with van der Waals surface area (Å²) in [5, 5.41) is 8.09. The Balaban J connectivity index is 1.49. The molecule has 4 heteroatoms. The van der Waals surface area contributed by atoms with Gasteiger partial charge in [0.2, 0.25) is 0 Å². The van der Waals surface area contributed by atoms with Crippen LogP contribution >= 0.6 is 0 Å². The number of aromatic nitrogens is 4. The summed E-state index contributed by atoms with van der Waals surface area (Å²) in [6.45, 7) is 4.76. The molecule has 3 atom stereocenters. The monoisotopic (exact) mass is 446 g/mol. The summed E-state index contributed by atoms with van der Waals surface area (Å²) < 4.78 is 0. The van der Waals surface area contributed by atoms with Crippen LogP contribution < -0.4 is 0 Å². The summed E-state index contributed by atoms with van der Waals surface area (Å²) in [6.07, 6.45) is 15.4. The van der Waals surface area contributed by atoms with Gasteiger partial charge in [-0.05, 0) is 60.3 Å². The highest BCUT2D eigenvalue weighted by atomic mass is 15.1. The van der Waals surface area contributed by atoms with Gasteiger partial charge in [-0.2, -0.15) is 5.10 Å². The normalized spacial score (nSPS) is 22.2. The summed E-state index contributed by atoms with van der Waals surface area (Å²) in [5.41, 5.74) is 9.20. The molecule has 3 unspecified atom stereocenters. The van der Waals surface area contributed by atoms with Crippen molar-refractivity contribution in [3.63, 3.8) is 0 Å². The number of H-pyrrole nitrogens is 1. The van der Waals surface area contributed by atoms with Gasteiger partial charge in [0.1, 0.15) is 0 Å². The number of nitrogens with zero attached hydrogens (tertiary/aromatic N) is 3. The van der Waals surface area contributed by atoms with Gasteiger partial charge in [-0.25, -0.2) is 4.98 Å².